The van der Waals surface area contributed by atoms with Crippen LogP contribution in [0.5, 0.6) is 0 Å². The standard InChI is InChI=1S/C15H16N2O2/c1-10-6-5-9-14(16-10)15(19)17-13-8-4-3-7-12(13)11(2)18/h3-9,11,18H,1-2H3,(H,17,19). The van der Waals surface area contributed by atoms with E-state index in [-0.39, 0.29) is 5.91 Å². The predicted octanol–water partition coefficient (Wildman–Crippen LogP) is 2.70. The summed E-state index contributed by atoms with van der Waals surface area (Å²) in [7, 11) is 0. The number of aliphatic hydroxyl groups is 1. The first kappa shape index (κ1) is 13.2. The monoisotopic (exact) mass is 256 g/mol. The summed E-state index contributed by atoms with van der Waals surface area (Å²) in [6.45, 7) is 3.50. The highest BCUT2D eigenvalue weighted by Gasteiger charge is 2.12. The lowest BCUT2D eigenvalue weighted by molar-refractivity contribution is 0.102. The van der Waals surface area contributed by atoms with Crippen LogP contribution in [0.3, 0.4) is 0 Å². The van der Waals surface area contributed by atoms with Crippen LogP contribution in [0, 0.1) is 6.92 Å². The number of anilines is 1. The Morgan fingerprint density at radius 1 is 1.21 bits per heavy atom. The molecule has 0 saturated carbocycles. The highest BCUT2D eigenvalue weighted by atomic mass is 16.3. The zero-order valence-corrected chi connectivity index (χ0v) is 10.9. The number of hydrogen-bond donors (Lipinski definition) is 2. The topological polar surface area (TPSA) is 62.2 Å². The highest BCUT2D eigenvalue weighted by Crippen LogP contribution is 2.22. The molecule has 1 aromatic carbocycles. The van der Waals surface area contributed by atoms with Crippen molar-refractivity contribution in [3.63, 3.8) is 0 Å². The van der Waals surface area contributed by atoms with Crippen molar-refractivity contribution in [2.24, 2.45) is 0 Å². The molecule has 0 radical (unpaired) electrons. The van der Waals surface area contributed by atoms with Gasteiger partial charge in [-0.15, -0.1) is 0 Å². The van der Waals surface area contributed by atoms with E-state index in [4.69, 9.17) is 0 Å². The first-order valence-electron chi connectivity index (χ1n) is 6.10. The zero-order chi connectivity index (χ0) is 13.8. The molecule has 0 saturated heterocycles. The number of aromatic nitrogens is 1. The van der Waals surface area contributed by atoms with E-state index in [1.165, 1.54) is 0 Å². The SMILES string of the molecule is Cc1cccc(C(=O)Nc2ccccc2C(C)O)n1. The number of hydrogen-bond acceptors (Lipinski definition) is 3. The summed E-state index contributed by atoms with van der Waals surface area (Å²) in [4.78, 5) is 16.3. The molecule has 98 valence electrons. The number of carbonyl (C=O) groups is 1. The van der Waals surface area contributed by atoms with E-state index < -0.39 is 6.10 Å². The van der Waals surface area contributed by atoms with Crippen LogP contribution < -0.4 is 5.32 Å². The molecule has 4 nitrogen and oxygen atoms in total. The molecule has 0 aliphatic carbocycles. The predicted molar refractivity (Wildman–Crippen MR) is 74.0 cm³/mol. The van der Waals surface area contributed by atoms with Gasteiger partial charge in [-0.25, -0.2) is 4.98 Å². The summed E-state index contributed by atoms with van der Waals surface area (Å²) < 4.78 is 0. The van der Waals surface area contributed by atoms with Gasteiger partial charge in [0, 0.05) is 16.9 Å². The minimum absolute atomic E-state index is 0.281. The molecule has 0 bridgehead atoms. The molecule has 0 fully saturated rings. The largest absolute Gasteiger partial charge is 0.389 e. The van der Waals surface area contributed by atoms with Gasteiger partial charge in [-0.05, 0) is 32.0 Å². The van der Waals surface area contributed by atoms with Crippen LogP contribution >= 0.6 is 0 Å². The van der Waals surface area contributed by atoms with Gasteiger partial charge >= 0.3 is 0 Å². The minimum Gasteiger partial charge on any atom is -0.389 e. The number of amides is 1. The van der Waals surface area contributed by atoms with Gasteiger partial charge < -0.3 is 10.4 Å². The van der Waals surface area contributed by atoms with Crippen molar-refractivity contribution < 1.29 is 9.90 Å². The lowest BCUT2D eigenvalue weighted by Crippen LogP contribution is -2.15. The molecular weight excluding hydrogens is 240 g/mol. The summed E-state index contributed by atoms with van der Waals surface area (Å²) >= 11 is 0. The second kappa shape index (κ2) is 5.63. The number of aryl methyl sites for hydroxylation is 1. The Hall–Kier alpha value is -2.20. The van der Waals surface area contributed by atoms with E-state index in [0.717, 1.165) is 5.69 Å². The van der Waals surface area contributed by atoms with Crippen molar-refractivity contribution in [2.75, 3.05) is 5.32 Å². The van der Waals surface area contributed by atoms with Crippen LogP contribution in [-0.2, 0) is 0 Å². The molecular formula is C15H16N2O2. The number of nitrogens with one attached hydrogen (secondary N) is 1. The molecule has 1 amide bonds. The molecule has 0 aliphatic rings. The first-order chi connectivity index (χ1) is 9.08. The molecule has 1 unspecified atom stereocenters. The highest BCUT2D eigenvalue weighted by molar-refractivity contribution is 6.03. The fraction of sp³-hybridized carbons (Fsp3) is 0.200. The van der Waals surface area contributed by atoms with E-state index in [9.17, 15) is 9.90 Å². The number of nitrogens with zero attached hydrogens (tertiary/aromatic N) is 1. The third kappa shape index (κ3) is 3.17. The van der Waals surface area contributed by atoms with E-state index in [0.29, 0.717) is 16.9 Å². The third-order valence-electron chi connectivity index (χ3n) is 2.78. The van der Waals surface area contributed by atoms with Crippen LogP contribution in [0.4, 0.5) is 5.69 Å². The van der Waals surface area contributed by atoms with Gasteiger partial charge in [0.2, 0.25) is 0 Å². The van der Waals surface area contributed by atoms with Crippen LogP contribution in [0.2, 0.25) is 0 Å². The summed E-state index contributed by atoms with van der Waals surface area (Å²) in [5.41, 5.74) is 2.44. The summed E-state index contributed by atoms with van der Waals surface area (Å²) in [5.74, 6) is -0.281. The molecule has 0 aliphatic heterocycles. The van der Waals surface area contributed by atoms with E-state index >= 15 is 0 Å². The molecule has 2 N–H and O–H groups in total. The first-order valence-corrected chi connectivity index (χ1v) is 6.10. The van der Waals surface area contributed by atoms with Gasteiger partial charge in [-0.2, -0.15) is 0 Å². The van der Waals surface area contributed by atoms with Crippen molar-refractivity contribution in [1.82, 2.24) is 4.98 Å². The molecule has 1 heterocycles. The molecule has 2 rings (SSSR count). The van der Waals surface area contributed by atoms with Crippen molar-refractivity contribution >= 4 is 11.6 Å². The van der Waals surface area contributed by atoms with Crippen molar-refractivity contribution in [1.29, 1.82) is 0 Å². The fourth-order valence-electron chi connectivity index (χ4n) is 1.83. The Balaban J connectivity index is 2.24. The fourth-order valence-corrected chi connectivity index (χ4v) is 1.83. The Labute approximate surface area is 112 Å². The minimum atomic E-state index is -0.637. The van der Waals surface area contributed by atoms with Gasteiger partial charge in [0.1, 0.15) is 5.69 Å². The third-order valence-corrected chi connectivity index (χ3v) is 2.78. The summed E-state index contributed by atoms with van der Waals surface area (Å²) in [6.07, 6.45) is -0.637. The number of rotatable bonds is 3. The molecule has 1 atom stereocenters. The zero-order valence-electron chi connectivity index (χ0n) is 10.9. The van der Waals surface area contributed by atoms with E-state index in [2.05, 4.69) is 10.3 Å². The number of para-hydroxylation sites is 1. The van der Waals surface area contributed by atoms with Crippen LogP contribution in [-0.4, -0.2) is 16.0 Å². The average Bonchev–Trinajstić information content (AvgIpc) is 2.39. The summed E-state index contributed by atoms with van der Waals surface area (Å²) in [5, 5.41) is 12.4. The molecule has 2 aromatic rings. The maximum absolute atomic E-state index is 12.1. The van der Waals surface area contributed by atoms with Gasteiger partial charge in [-0.1, -0.05) is 24.3 Å². The van der Waals surface area contributed by atoms with E-state index in [1.54, 1.807) is 31.2 Å². The lowest BCUT2D eigenvalue weighted by atomic mass is 10.1. The maximum Gasteiger partial charge on any atom is 0.274 e. The maximum atomic E-state index is 12.1. The van der Waals surface area contributed by atoms with Gasteiger partial charge in [0.15, 0.2) is 0 Å². The van der Waals surface area contributed by atoms with Crippen LogP contribution in [0.15, 0.2) is 42.5 Å². The normalized spacial score (nSPS) is 11.9. The molecule has 1 aromatic heterocycles. The van der Waals surface area contributed by atoms with Crippen molar-refractivity contribution in [2.45, 2.75) is 20.0 Å². The number of carbonyl (C=O) groups excluding carboxylic acids is 1. The Morgan fingerprint density at radius 2 is 1.95 bits per heavy atom. The second-order valence-electron chi connectivity index (χ2n) is 4.38. The average molecular weight is 256 g/mol. The Morgan fingerprint density at radius 3 is 2.63 bits per heavy atom. The Bertz CT molecular complexity index is 594. The van der Waals surface area contributed by atoms with Gasteiger partial charge in [0.05, 0.1) is 6.10 Å². The van der Waals surface area contributed by atoms with Crippen LogP contribution in [0.25, 0.3) is 0 Å². The second-order valence-corrected chi connectivity index (χ2v) is 4.38. The van der Waals surface area contributed by atoms with Crippen molar-refractivity contribution in [3.05, 3.63) is 59.4 Å². The molecule has 0 spiro atoms. The number of benzene rings is 1. The smallest absolute Gasteiger partial charge is 0.274 e. The number of pyridine rings is 1. The Kier molecular flexibility index (Phi) is 3.92. The molecule has 19 heavy (non-hydrogen) atoms. The summed E-state index contributed by atoms with van der Waals surface area (Å²) in [6, 6.07) is 12.5. The molecule has 4 heteroatoms. The van der Waals surface area contributed by atoms with Crippen LogP contribution in [0.1, 0.15) is 34.8 Å². The van der Waals surface area contributed by atoms with Crippen molar-refractivity contribution in [3.8, 4) is 0 Å². The number of aliphatic hydroxyl groups excluding tert-OH is 1. The van der Waals surface area contributed by atoms with E-state index in [1.807, 2.05) is 25.1 Å². The quantitative estimate of drug-likeness (QED) is 0.887. The lowest BCUT2D eigenvalue weighted by Gasteiger charge is -2.12. The van der Waals surface area contributed by atoms with Gasteiger partial charge in [-0.3, -0.25) is 4.79 Å². The van der Waals surface area contributed by atoms with Gasteiger partial charge in [0.25, 0.3) is 5.91 Å².